The van der Waals surface area contributed by atoms with Crippen LogP contribution >= 0.6 is 0 Å². The molecule has 0 aliphatic carbocycles. The van der Waals surface area contributed by atoms with Crippen molar-refractivity contribution < 1.29 is 28.5 Å². The molecular formula is C28H31FO5. The number of carbonyl (C=O) groups excluding carboxylic acids is 1. The monoisotopic (exact) mass is 466 g/mol. The first-order valence-corrected chi connectivity index (χ1v) is 11.1. The Kier molecular flexibility index (Phi) is 7.94. The van der Waals surface area contributed by atoms with Crippen LogP contribution in [-0.4, -0.2) is 25.3 Å². The number of halogens is 1. The van der Waals surface area contributed by atoms with Crippen LogP contribution in [0.3, 0.4) is 0 Å². The van der Waals surface area contributed by atoms with Crippen molar-refractivity contribution in [3.05, 3.63) is 83.2 Å². The van der Waals surface area contributed by atoms with Crippen LogP contribution in [0.25, 0.3) is 11.1 Å². The lowest BCUT2D eigenvalue weighted by atomic mass is 9.81. The Morgan fingerprint density at radius 1 is 0.941 bits per heavy atom. The van der Waals surface area contributed by atoms with E-state index < -0.39 is 12.1 Å². The van der Waals surface area contributed by atoms with E-state index in [2.05, 4.69) is 25.5 Å². The molecule has 34 heavy (non-hydrogen) atoms. The van der Waals surface area contributed by atoms with Gasteiger partial charge in [0.25, 0.3) is 0 Å². The van der Waals surface area contributed by atoms with E-state index in [1.807, 2.05) is 18.2 Å². The van der Waals surface area contributed by atoms with Gasteiger partial charge in [-0.25, -0.2) is 4.39 Å². The zero-order valence-electron chi connectivity index (χ0n) is 20.2. The van der Waals surface area contributed by atoms with Crippen LogP contribution in [0.5, 0.6) is 11.5 Å². The van der Waals surface area contributed by atoms with Crippen molar-refractivity contribution in [2.45, 2.75) is 45.3 Å². The van der Waals surface area contributed by atoms with Gasteiger partial charge in [0.05, 0.1) is 26.7 Å². The van der Waals surface area contributed by atoms with E-state index in [9.17, 15) is 14.3 Å². The molecular weight excluding hydrogens is 435 g/mol. The van der Waals surface area contributed by atoms with E-state index in [1.165, 1.54) is 13.2 Å². The number of esters is 1. The van der Waals surface area contributed by atoms with Gasteiger partial charge >= 0.3 is 5.97 Å². The van der Waals surface area contributed by atoms with Crippen LogP contribution in [-0.2, 0) is 21.6 Å². The van der Waals surface area contributed by atoms with Crippen LogP contribution < -0.4 is 9.47 Å². The normalized spacial score (nSPS) is 12.2. The largest absolute Gasteiger partial charge is 0.497 e. The highest BCUT2D eigenvalue weighted by molar-refractivity contribution is 5.71. The number of hydrogen-bond acceptors (Lipinski definition) is 5. The number of aliphatic hydroxyl groups is 1. The van der Waals surface area contributed by atoms with E-state index in [4.69, 9.17) is 9.47 Å². The van der Waals surface area contributed by atoms with E-state index in [1.54, 1.807) is 43.5 Å². The first-order valence-electron chi connectivity index (χ1n) is 11.1. The summed E-state index contributed by atoms with van der Waals surface area (Å²) >= 11 is 0. The van der Waals surface area contributed by atoms with Crippen LogP contribution in [0.4, 0.5) is 4.39 Å². The Labute approximate surface area is 200 Å². The van der Waals surface area contributed by atoms with Gasteiger partial charge in [-0.05, 0) is 64.1 Å². The second kappa shape index (κ2) is 10.7. The Morgan fingerprint density at radius 2 is 1.62 bits per heavy atom. The molecule has 0 saturated heterocycles. The molecule has 0 aromatic heterocycles. The summed E-state index contributed by atoms with van der Waals surface area (Å²) in [7, 11) is 2.85. The Bertz CT molecular complexity index is 1130. The second-order valence-electron chi connectivity index (χ2n) is 9.13. The van der Waals surface area contributed by atoms with Gasteiger partial charge in [-0.3, -0.25) is 4.79 Å². The third-order valence-corrected chi connectivity index (χ3v) is 5.61. The maximum absolute atomic E-state index is 14.8. The molecule has 3 aromatic carbocycles. The number of aliphatic hydroxyl groups excluding tert-OH is 1. The Balaban J connectivity index is 1.82. The quantitative estimate of drug-likeness (QED) is 0.414. The summed E-state index contributed by atoms with van der Waals surface area (Å²) in [6.45, 7) is 6.57. The zero-order valence-corrected chi connectivity index (χ0v) is 20.2. The van der Waals surface area contributed by atoms with Gasteiger partial charge in [0.15, 0.2) is 0 Å². The Hall–Kier alpha value is -3.38. The molecule has 0 aliphatic rings. The number of benzene rings is 3. The summed E-state index contributed by atoms with van der Waals surface area (Å²) in [4.78, 5) is 11.4. The third-order valence-electron chi connectivity index (χ3n) is 5.61. The molecule has 0 saturated carbocycles. The zero-order chi connectivity index (χ0) is 24.9. The van der Waals surface area contributed by atoms with E-state index in [0.717, 1.165) is 16.7 Å². The summed E-state index contributed by atoms with van der Waals surface area (Å²) < 4.78 is 30.6. The molecule has 0 radical (unpaired) electrons. The summed E-state index contributed by atoms with van der Waals surface area (Å²) in [6.07, 6.45) is -1.05. The molecule has 3 rings (SSSR count). The molecule has 6 heteroatoms. The fraction of sp³-hybridized carbons (Fsp3) is 0.321. The van der Waals surface area contributed by atoms with Gasteiger partial charge in [0.1, 0.15) is 23.9 Å². The molecule has 180 valence electrons. The van der Waals surface area contributed by atoms with Crippen molar-refractivity contribution in [3.63, 3.8) is 0 Å². The smallest absolute Gasteiger partial charge is 0.308 e. The SMILES string of the molecule is COC(=O)C[C@@H](O)c1ccc(OCc2ccc(C(C)(C)C)c(-c3cc(OC)ccc3F)c2)cc1. The second-order valence-corrected chi connectivity index (χ2v) is 9.13. The Morgan fingerprint density at radius 3 is 2.24 bits per heavy atom. The van der Waals surface area contributed by atoms with Gasteiger partial charge < -0.3 is 19.3 Å². The minimum absolute atomic E-state index is 0.111. The highest BCUT2D eigenvalue weighted by Crippen LogP contribution is 2.37. The van der Waals surface area contributed by atoms with Crippen molar-refractivity contribution in [2.24, 2.45) is 0 Å². The molecule has 1 atom stereocenters. The van der Waals surface area contributed by atoms with Crippen LogP contribution in [0.1, 0.15) is 50.0 Å². The summed E-state index contributed by atoms with van der Waals surface area (Å²) in [5, 5.41) is 10.1. The minimum Gasteiger partial charge on any atom is -0.497 e. The molecule has 0 aliphatic heterocycles. The summed E-state index contributed by atoms with van der Waals surface area (Å²) in [6, 6.07) is 17.6. The van der Waals surface area contributed by atoms with Crippen molar-refractivity contribution in [1.29, 1.82) is 0 Å². The number of ether oxygens (including phenoxy) is 3. The molecule has 3 aromatic rings. The number of rotatable bonds is 8. The van der Waals surface area contributed by atoms with Crippen molar-refractivity contribution in [3.8, 4) is 22.6 Å². The van der Waals surface area contributed by atoms with Gasteiger partial charge in [0, 0.05) is 5.56 Å². The molecule has 5 nitrogen and oxygen atoms in total. The van der Waals surface area contributed by atoms with E-state index in [-0.39, 0.29) is 24.3 Å². The molecule has 1 N–H and O–H groups in total. The van der Waals surface area contributed by atoms with Gasteiger partial charge in [0.2, 0.25) is 0 Å². The van der Waals surface area contributed by atoms with E-state index in [0.29, 0.717) is 22.6 Å². The van der Waals surface area contributed by atoms with Gasteiger partial charge in [-0.15, -0.1) is 0 Å². The molecule has 0 bridgehead atoms. The average molecular weight is 467 g/mol. The molecule has 0 fully saturated rings. The summed E-state index contributed by atoms with van der Waals surface area (Å²) in [5.41, 5.74) is 3.60. The maximum atomic E-state index is 14.8. The lowest BCUT2D eigenvalue weighted by Gasteiger charge is -2.24. The minimum atomic E-state index is -0.938. The van der Waals surface area contributed by atoms with Gasteiger partial charge in [-0.1, -0.05) is 45.0 Å². The fourth-order valence-corrected chi connectivity index (χ4v) is 3.71. The highest BCUT2D eigenvalue weighted by atomic mass is 19.1. The maximum Gasteiger partial charge on any atom is 0.308 e. The fourth-order valence-electron chi connectivity index (χ4n) is 3.71. The molecule has 0 heterocycles. The first-order chi connectivity index (χ1) is 16.1. The van der Waals surface area contributed by atoms with Crippen molar-refractivity contribution in [1.82, 2.24) is 0 Å². The topological polar surface area (TPSA) is 65.0 Å². The number of carbonyl (C=O) groups is 1. The number of methoxy groups -OCH3 is 2. The van der Waals surface area contributed by atoms with E-state index >= 15 is 0 Å². The third kappa shape index (κ3) is 6.14. The highest BCUT2D eigenvalue weighted by Gasteiger charge is 2.21. The van der Waals surface area contributed by atoms with Crippen molar-refractivity contribution in [2.75, 3.05) is 14.2 Å². The first kappa shape index (κ1) is 25.2. The predicted octanol–water partition coefficient (Wildman–Crippen LogP) is 5.97. The average Bonchev–Trinajstić information content (AvgIpc) is 2.82. The molecule has 0 spiro atoms. The van der Waals surface area contributed by atoms with Crippen molar-refractivity contribution >= 4 is 5.97 Å². The van der Waals surface area contributed by atoms with Crippen LogP contribution in [0.2, 0.25) is 0 Å². The molecule has 0 amide bonds. The lowest BCUT2D eigenvalue weighted by molar-refractivity contribution is -0.142. The number of hydrogen-bond donors (Lipinski definition) is 1. The van der Waals surface area contributed by atoms with Crippen LogP contribution in [0, 0.1) is 5.82 Å². The summed E-state index contributed by atoms with van der Waals surface area (Å²) in [5.74, 6) is 0.413. The van der Waals surface area contributed by atoms with Gasteiger partial charge in [-0.2, -0.15) is 0 Å². The predicted molar refractivity (Wildman–Crippen MR) is 129 cm³/mol. The lowest BCUT2D eigenvalue weighted by Crippen LogP contribution is -2.13. The van der Waals surface area contributed by atoms with Crippen LogP contribution in [0.15, 0.2) is 60.7 Å². The standard InChI is InChI=1S/C28H31FO5/c1-28(2,3)24-12-6-18(14-22(24)23-15-21(32-4)11-13-25(23)29)17-34-20-9-7-19(8-10-20)26(30)16-27(31)33-5/h6-15,26,30H,16-17H2,1-5H3/t26-/m1/s1. The molecule has 0 unspecified atom stereocenters.